The fourth-order valence-electron chi connectivity index (χ4n) is 2.64. The molecule has 124 valence electrons. The summed E-state index contributed by atoms with van der Waals surface area (Å²) in [4.78, 5) is 29.1. The SMILES string of the molecule is Cc1nccn1-c1cc(NC(=O)Cn2cnc3ccccc32)ncn1. The number of rotatable bonds is 4. The van der Waals surface area contributed by atoms with Gasteiger partial charge in [0.15, 0.2) is 0 Å². The van der Waals surface area contributed by atoms with Gasteiger partial charge in [0.1, 0.15) is 30.3 Å². The third-order valence-corrected chi connectivity index (χ3v) is 3.83. The van der Waals surface area contributed by atoms with Gasteiger partial charge in [-0.05, 0) is 19.1 Å². The Morgan fingerprint density at radius 2 is 2.04 bits per heavy atom. The number of benzene rings is 1. The topological polar surface area (TPSA) is 90.5 Å². The molecule has 4 aromatic rings. The molecule has 0 radical (unpaired) electrons. The van der Waals surface area contributed by atoms with E-state index < -0.39 is 0 Å². The van der Waals surface area contributed by atoms with Crippen molar-refractivity contribution in [3.63, 3.8) is 0 Å². The van der Waals surface area contributed by atoms with E-state index in [0.717, 1.165) is 16.9 Å². The van der Waals surface area contributed by atoms with Crippen LogP contribution in [0.25, 0.3) is 16.9 Å². The van der Waals surface area contributed by atoms with Gasteiger partial charge in [0, 0.05) is 18.5 Å². The normalized spacial score (nSPS) is 10.9. The number of fused-ring (bicyclic) bond motifs is 1. The van der Waals surface area contributed by atoms with Crippen LogP contribution in [0.4, 0.5) is 5.82 Å². The van der Waals surface area contributed by atoms with Crippen molar-refractivity contribution in [2.75, 3.05) is 5.32 Å². The highest BCUT2D eigenvalue weighted by molar-refractivity contribution is 5.90. The molecule has 0 saturated carbocycles. The van der Waals surface area contributed by atoms with Crippen molar-refractivity contribution in [2.24, 2.45) is 0 Å². The van der Waals surface area contributed by atoms with E-state index in [9.17, 15) is 4.79 Å². The zero-order valence-electron chi connectivity index (χ0n) is 13.5. The largest absolute Gasteiger partial charge is 0.321 e. The molecule has 25 heavy (non-hydrogen) atoms. The third kappa shape index (κ3) is 2.97. The fraction of sp³-hybridized carbons (Fsp3) is 0.118. The van der Waals surface area contributed by atoms with Crippen molar-refractivity contribution in [3.8, 4) is 5.82 Å². The maximum Gasteiger partial charge on any atom is 0.245 e. The number of nitrogens with one attached hydrogen (secondary N) is 1. The number of carbonyl (C=O) groups is 1. The number of amides is 1. The van der Waals surface area contributed by atoms with Crippen molar-refractivity contribution >= 4 is 22.8 Å². The first-order valence-corrected chi connectivity index (χ1v) is 7.73. The molecule has 8 heteroatoms. The zero-order valence-corrected chi connectivity index (χ0v) is 13.5. The Labute approximate surface area is 143 Å². The van der Waals surface area contributed by atoms with Crippen LogP contribution in [0.5, 0.6) is 0 Å². The molecule has 0 saturated heterocycles. The predicted octanol–water partition coefficient (Wildman–Crippen LogP) is 1.96. The Balaban J connectivity index is 1.52. The van der Waals surface area contributed by atoms with Gasteiger partial charge in [-0.2, -0.15) is 0 Å². The summed E-state index contributed by atoms with van der Waals surface area (Å²) in [7, 11) is 0. The van der Waals surface area contributed by atoms with Crippen LogP contribution in [0.1, 0.15) is 5.82 Å². The molecule has 1 N–H and O–H groups in total. The number of anilines is 1. The van der Waals surface area contributed by atoms with E-state index in [1.165, 1.54) is 6.33 Å². The first kappa shape index (κ1) is 15.0. The maximum absolute atomic E-state index is 12.3. The second-order valence-corrected chi connectivity index (χ2v) is 5.52. The van der Waals surface area contributed by atoms with Crippen molar-refractivity contribution in [3.05, 3.63) is 61.2 Å². The molecule has 4 rings (SSSR count). The number of hydrogen-bond donors (Lipinski definition) is 1. The molecule has 0 spiro atoms. The fourth-order valence-corrected chi connectivity index (χ4v) is 2.64. The smallest absolute Gasteiger partial charge is 0.245 e. The van der Waals surface area contributed by atoms with Crippen LogP contribution in [-0.2, 0) is 11.3 Å². The molecule has 0 aliphatic rings. The van der Waals surface area contributed by atoms with Gasteiger partial charge < -0.3 is 9.88 Å². The van der Waals surface area contributed by atoms with E-state index in [-0.39, 0.29) is 12.5 Å². The molecular formula is C17H15N7O. The van der Waals surface area contributed by atoms with Gasteiger partial charge >= 0.3 is 0 Å². The molecule has 0 bridgehead atoms. The van der Waals surface area contributed by atoms with Crippen molar-refractivity contribution < 1.29 is 4.79 Å². The average Bonchev–Trinajstić information content (AvgIpc) is 3.22. The minimum atomic E-state index is -0.185. The Morgan fingerprint density at radius 3 is 2.88 bits per heavy atom. The quantitative estimate of drug-likeness (QED) is 0.616. The van der Waals surface area contributed by atoms with E-state index in [1.807, 2.05) is 35.8 Å². The number of nitrogens with zero attached hydrogens (tertiary/aromatic N) is 6. The maximum atomic E-state index is 12.3. The first-order valence-electron chi connectivity index (χ1n) is 7.73. The lowest BCUT2D eigenvalue weighted by atomic mass is 10.3. The summed E-state index contributed by atoms with van der Waals surface area (Å²) in [5.74, 6) is 1.71. The molecule has 3 aromatic heterocycles. The Bertz CT molecular complexity index is 1050. The minimum Gasteiger partial charge on any atom is -0.321 e. The molecule has 0 atom stereocenters. The Kier molecular flexibility index (Phi) is 3.70. The van der Waals surface area contributed by atoms with Gasteiger partial charge in [-0.15, -0.1) is 0 Å². The van der Waals surface area contributed by atoms with Crippen LogP contribution < -0.4 is 5.32 Å². The highest BCUT2D eigenvalue weighted by atomic mass is 16.2. The summed E-state index contributed by atoms with van der Waals surface area (Å²) in [5.41, 5.74) is 1.77. The number of carbonyl (C=O) groups excluding carboxylic acids is 1. The summed E-state index contributed by atoms with van der Waals surface area (Å²) < 4.78 is 3.62. The van der Waals surface area contributed by atoms with Gasteiger partial charge in [0.25, 0.3) is 0 Å². The van der Waals surface area contributed by atoms with Gasteiger partial charge in [-0.25, -0.2) is 19.9 Å². The average molecular weight is 333 g/mol. The molecule has 3 heterocycles. The second-order valence-electron chi connectivity index (χ2n) is 5.52. The number of imidazole rings is 2. The Morgan fingerprint density at radius 1 is 1.16 bits per heavy atom. The summed E-state index contributed by atoms with van der Waals surface area (Å²) in [6, 6.07) is 9.38. The third-order valence-electron chi connectivity index (χ3n) is 3.83. The van der Waals surface area contributed by atoms with Crippen molar-refractivity contribution in [2.45, 2.75) is 13.5 Å². The van der Waals surface area contributed by atoms with Crippen LogP contribution in [0.15, 0.2) is 55.4 Å². The lowest BCUT2D eigenvalue weighted by molar-refractivity contribution is -0.116. The lowest BCUT2D eigenvalue weighted by Crippen LogP contribution is -2.19. The molecule has 0 unspecified atom stereocenters. The summed E-state index contributed by atoms with van der Waals surface area (Å²) in [6.07, 6.45) is 6.57. The molecule has 1 amide bonds. The van der Waals surface area contributed by atoms with Crippen molar-refractivity contribution in [1.82, 2.24) is 29.1 Å². The molecule has 0 aliphatic heterocycles. The van der Waals surface area contributed by atoms with Crippen LogP contribution in [0.3, 0.4) is 0 Å². The highest BCUT2D eigenvalue weighted by Gasteiger charge is 2.09. The lowest BCUT2D eigenvalue weighted by Gasteiger charge is -2.08. The molecule has 0 fully saturated rings. The van der Waals surface area contributed by atoms with E-state index in [0.29, 0.717) is 11.6 Å². The van der Waals surface area contributed by atoms with E-state index in [2.05, 4.69) is 25.3 Å². The zero-order chi connectivity index (χ0) is 17.2. The number of aromatic nitrogens is 6. The summed E-state index contributed by atoms with van der Waals surface area (Å²) >= 11 is 0. The molecular weight excluding hydrogens is 318 g/mol. The van der Waals surface area contributed by atoms with Crippen LogP contribution in [0, 0.1) is 6.92 Å². The number of aryl methyl sites for hydroxylation is 1. The van der Waals surface area contributed by atoms with Gasteiger partial charge in [0.05, 0.1) is 17.4 Å². The first-order chi connectivity index (χ1) is 12.2. The van der Waals surface area contributed by atoms with E-state index in [1.54, 1.807) is 29.4 Å². The van der Waals surface area contributed by atoms with Gasteiger partial charge in [0.2, 0.25) is 5.91 Å². The highest BCUT2D eigenvalue weighted by Crippen LogP contribution is 2.13. The number of hydrogen-bond acceptors (Lipinski definition) is 5. The summed E-state index contributed by atoms with van der Waals surface area (Å²) in [5, 5.41) is 2.79. The van der Waals surface area contributed by atoms with Gasteiger partial charge in [-0.3, -0.25) is 9.36 Å². The molecule has 1 aromatic carbocycles. The van der Waals surface area contributed by atoms with Gasteiger partial charge in [-0.1, -0.05) is 12.1 Å². The van der Waals surface area contributed by atoms with E-state index >= 15 is 0 Å². The summed E-state index contributed by atoms with van der Waals surface area (Å²) in [6.45, 7) is 2.04. The van der Waals surface area contributed by atoms with Crippen LogP contribution in [0.2, 0.25) is 0 Å². The second kappa shape index (κ2) is 6.16. The van der Waals surface area contributed by atoms with Crippen molar-refractivity contribution in [1.29, 1.82) is 0 Å². The van der Waals surface area contributed by atoms with Crippen LogP contribution >= 0.6 is 0 Å². The monoisotopic (exact) mass is 333 g/mol. The molecule has 8 nitrogen and oxygen atoms in total. The minimum absolute atomic E-state index is 0.157. The standard InChI is InChI=1S/C17H15N7O/c1-12-18-6-7-24(12)16-8-15(19-10-20-16)22-17(25)9-23-11-21-13-4-2-3-5-14(13)23/h2-8,10-11H,9H2,1H3,(H,19,20,22,25). The molecule has 0 aliphatic carbocycles. The number of para-hydroxylation sites is 2. The predicted molar refractivity (Wildman–Crippen MR) is 92.3 cm³/mol. The Hall–Kier alpha value is -3.55. The van der Waals surface area contributed by atoms with E-state index in [4.69, 9.17) is 0 Å². The van der Waals surface area contributed by atoms with Crippen LogP contribution in [-0.4, -0.2) is 35.0 Å².